The van der Waals surface area contributed by atoms with Crippen LogP contribution in [0.4, 0.5) is 30.6 Å². The minimum absolute atomic E-state index is 0.118. The normalized spacial score (nSPS) is 17.2. The SMILES string of the molecule is CN(C)c1nc(NC2CCC(NCc3cc([N+](=O)[O-])ccc3Oc3ccccc3C(F)(F)F)CC2)nc2ccccc12. The molecule has 2 N–H and O–H groups in total. The van der Waals surface area contributed by atoms with Crippen molar-refractivity contribution in [2.45, 2.75) is 50.5 Å². The highest BCUT2D eigenvalue weighted by molar-refractivity contribution is 5.90. The van der Waals surface area contributed by atoms with Gasteiger partial charge in [-0.1, -0.05) is 24.3 Å². The minimum Gasteiger partial charge on any atom is -0.456 e. The molecule has 0 saturated heterocycles. The number of alkyl halides is 3. The fourth-order valence-electron chi connectivity index (χ4n) is 5.17. The van der Waals surface area contributed by atoms with E-state index in [1.54, 1.807) is 0 Å². The predicted octanol–water partition coefficient (Wildman–Crippen LogP) is 6.93. The minimum atomic E-state index is -4.60. The molecule has 1 fully saturated rings. The molecule has 1 heterocycles. The van der Waals surface area contributed by atoms with Gasteiger partial charge >= 0.3 is 6.18 Å². The molecule has 4 aromatic rings. The molecule has 9 nitrogen and oxygen atoms in total. The fraction of sp³-hybridized carbons (Fsp3) is 0.333. The molecular weight excluding hydrogens is 549 g/mol. The third-order valence-corrected chi connectivity index (χ3v) is 7.32. The van der Waals surface area contributed by atoms with Crippen LogP contribution in [0.5, 0.6) is 11.5 Å². The van der Waals surface area contributed by atoms with Crippen LogP contribution in [0, 0.1) is 10.1 Å². The lowest BCUT2D eigenvalue weighted by molar-refractivity contribution is -0.384. The Kier molecular flexibility index (Phi) is 8.44. The second-order valence-electron chi connectivity index (χ2n) is 10.5. The fourth-order valence-corrected chi connectivity index (χ4v) is 5.17. The molecule has 0 unspecified atom stereocenters. The molecule has 0 atom stereocenters. The number of nitrogens with one attached hydrogen (secondary N) is 2. The molecule has 0 spiro atoms. The smallest absolute Gasteiger partial charge is 0.419 e. The first-order valence-electron chi connectivity index (χ1n) is 13.6. The summed E-state index contributed by atoms with van der Waals surface area (Å²) < 4.78 is 46.2. The molecule has 12 heteroatoms. The number of hydrogen-bond acceptors (Lipinski definition) is 8. The first kappa shape index (κ1) is 29.1. The third kappa shape index (κ3) is 6.71. The number of ether oxygens (including phenoxy) is 1. The number of rotatable bonds is 9. The number of benzene rings is 3. The maximum Gasteiger partial charge on any atom is 0.419 e. The zero-order chi connectivity index (χ0) is 29.9. The molecule has 1 aromatic heterocycles. The average Bonchev–Trinajstić information content (AvgIpc) is 2.96. The van der Waals surface area contributed by atoms with E-state index in [-0.39, 0.29) is 35.8 Å². The quantitative estimate of drug-likeness (QED) is 0.162. The van der Waals surface area contributed by atoms with Crippen LogP contribution in [0.15, 0.2) is 66.7 Å². The summed E-state index contributed by atoms with van der Waals surface area (Å²) >= 11 is 0. The highest BCUT2D eigenvalue weighted by Gasteiger charge is 2.34. The summed E-state index contributed by atoms with van der Waals surface area (Å²) in [5.74, 6) is 1.18. The van der Waals surface area contributed by atoms with Gasteiger partial charge in [0.15, 0.2) is 0 Å². The lowest BCUT2D eigenvalue weighted by Crippen LogP contribution is -2.37. The zero-order valence-electron chi connectivity index (χ0n) is 23.2. The van der Waals surface area contributed by atoms with Crippen molar-refractivity contribution in [2.75, 3.05) is 24.3 Å². The van der Waals surface area contributed by atoms with E-state index >= 15 is 0 Å². The zero-order valence-corrected chi connectivity index (χ0v) is 23.2. The standard InChI is InChI=1S/C30H31F3N6O3/c1-38(2)28-23-7-3-5-9-25(23)36-29(37-28)35-21-13-11-20(12-14-21)34-18-19-17-22(39(40)41)15-16-26(19)42-27-10-6-4-8-24(27)30(31,32)33/h3-10,15-17,20-21,34H,11-14,18H2,1-2H3,(H,35,36,37). The largest absolute Gasteiger partial charge is 0.456 e. The molecule has 5 rings (SSSR count). The Balaban J connectivity index is 1.24. The summed E-state index contributed by atoms with van der Waals surface area (Å²) in [5.41, 5.74) is 0.189. The van der Waals surface area contributed by atoms with E-state index in [1.165, 1.54) is 36.4 Å². The van der Waals surface area contributed by atoms with Crippen LogP contribution in [0.3, 0.4) is 0 Å². The van der Waals surface area contributed by atoms with Crippen LogP contribution in [0.2, 0.25) is 0 Å². The first-order chi connectivity index (χ1) is 20.1. The number of fused-ring (bicyclic) bond motifs is 1. The van der Waals surface area contributed by atoms with Gasteiger partial charge < -0.3 is 20.3 Å². The average molecular weight is 581 g/mol. The number of halogens is 3. The molecule has 42 heavy (non-hydrogen) atoms. The van der Waals surface area contributed by atoms with Crippen molar-refractivity contribution in [3.63, 3.8) is 0 Å². The molecular formula is C30H31F3N6O3. The Labute approximate surface area is 240 Å². The molecule has 1 saturated carbocycles. The van der Waals surface area contributed by atoms with Gasteiger partial charge in [0, 0.05) is 55.8 Å². The van der Waals surface area contributed by atoms with E-state index in [2.05, 4.69) is 10.6 Å². The maximum absolute atomic E-state index is 13.5. The summed E-state index contributed by atoms with van der Waals surface area (Å²) in [7, 11) is 3.89. The number of hydrogen-bond donors (Lipinski definition) is 2. The maximum atomic E-state index is 13.5. The van der Waals surface area contributed by atoms with Crippen LogP contribution in [0.25, 0.3) is 10.9 Å². The van der Waals surface area contributed by atoms with Crippen molar-refractivity contribution in [3.8, 4) is 11.5 Å². The summed E-state index contributed by atoms with van der Waals surface area (Å²) in [5, 5.41) is 19.3. The summed E-state index contributed by atoms with van der Waals surface area (Å²) in [6.45, 7) is 0.202. The first-order valence-corrected chi connectivity index (χ1v) is 13.6. The molecule has 1 aliphatic carbocycles. The Morgan fingerprint density at radius 3 is 2.36 bits per heavy atom. The summed E-state index contributed by atoms with van der Waals surface area (Å²) in [6, 6.07) is 17.0. The topological polar surface area (TPSA) is 105 Å². The Morgan fingerprint density at radius 1 is 0.952 bits per heavy atom. The van der Waals surface area contributed by atoms with Crippen molar-refractivity contribution >= 4 is 28.4 Å². The van der Waals surface area contributed by atoms with Gasteiger partial charge in [0.1, 0.15) is 17.3 Å². The van der Waals surface area contributed by atoms with Gasteiger partial charge in [-0.25, -0.2) is 4.98 Å². The number of nitrogens with zero attached hydrogens (tertiary/aromatic N) is 4. The molecule has 0 radical (unpaired) electrons. The van der Waals surface area contributed by atoms with Gasteiger partial charge in [-0.15, -0.1) is 0 Å². The number of nitro benzene ring substituents is 1. The highest BCUT2D eigenvalue weighted by Crippen LogP contribution is 2.39. The second-order valence-corrected chi connectivity index (χ2v) is 10.5. The van der Waals surface area contributed by atoms with Crippen molar-refractivity contribution in [1.82, 2.24) is 15.3 Å². The Hall–Kier alpha value is -4.45. The van der Waals surface area contributed by atoms with Crippen LogP contribution in [0.1, 0.15) is 36.8 Å². The number of anilines is 2. The highest BCUT2D eigenvalue weighted by atomic mass is 19.4. The number of aromatic nitrogens is 2. The number of non-ortho nitro benzene ring substituents is 1. The molecule has 1 aliphatic rings. The Morgan fingerprint density at radius 2 is 1.64 bits per heavy atom. The molecule has 3 aromatic carbocycles. The van der Waals surface area contributed by atoms with E-state index in [4.69, 9.17) is 14.7 Å². The number of nitro groups is 1. The van der Waals surface area contributed by atoms with Gasteiger partial charge in [0.2, 0.25) is 5.95 Å². The molecule has 0 bridgehead atoms. The van der Waals surface area contributed by atoms with Gasteiger partial charge in [-0.2, -0.15) is 18.2 Å². The van der Waals surface area contributed by atoms with Crippen molar-refractivity contribution in [1.29, 1.82) is 0 Å². The van der Waals surface area contributed by atoms with E-state index in [9.17, 15) is 23.3 Å². The van der Waals surface area contributed by atoms with E-state index in [0.717, 1.165) is 48.5 Å². The number of para-hydroxylation sites is 2. The van der Waals surface area contributed by atoms with E-state index in [1.807, 2.05) is 43.3 Å². The van der Waals surface area contributed by atoms with Gasteiger partial charge in [-0.05, 0) is 56.0 Å². The molecule has 0 amide bonds. The van der Waals surface area contributed by atoms with Crippen LogP contribution >= 0.6 is 0 Å². The van der Waals surface area contributed by atoms with Crippen LogP contribution in [-0.2, 0) is 12.7 Å². The van der Waals surface area contributed by atoms with E-state index < -0.39 is 16.7 Å². The summed E-state index contributed by atoms with van der Waals surface area (Å²) in [4.78, 5) is 22.2. The monoisotopic (exact) mass is 580 g/mol. The molecule has 0 aliphatic heterocycles. The van der Waals surface area contributed by atoms with Gasteiger partial charge in [0.25, 0.3) is 5.69 Å². The predicted molar refractivity (Wildman–Crippen MR) is 155 cm³/mol. The molecule has 220 valence electrons. The van der Waals surface area contributed by atoms with Gasteiger partial charge in [0.05, 0.1) is 16.0 Å². The Bertz CT molecular complexity index is 1570. The van der Waals surface area contributed by atoms with Crippen molar-refractivity contribution in [2.24, 2.45) is 0 Å². The van der Waals surface area contributed by atoms with Crippen LogP contribution in [-0.4, -0.2) is 41.1 Å². The van der Waals surface area contributed by atoms with E-state index in [0.29, 0.717) is 11.5 Å². The third-order valence-electron chi connectivity index (χ3n) is 7.32. The van der Waals surface area contributed by atoms with Gasteiger partial charge in [-0.3, -0.25) is 10.1 Å². The lowest BCUT2D eigenvalue weighted by atomic mass is 9.91. The summed E-state index contributed by atoms with van der Waals surface area (Å²) in [6.07, 6.45) is -1.25. The van der Waals surface area contributed by atoms with Crippen molar-refractivity contribution < 1.29 is 22.8 Å². The van der Waals surface area contributed by atoms with Crippen LogP contribution < -0.4 is 20.3 Å². The second kappa shape index (κ2) is 12.2. The van der Waals surface area contributed by atoms with Crippen molar-refractivity contribution in [3.05, 3.63) is 88.0 Å². The lowest BCUT2D eigenvalue weighted by Gasteiger charge is -2.30.